The highest BCUT2D eigenvalue weighted by atomic mass is 16.6. The first kappa shape index (κ1) is 19.9. The van der Waals surface area contributed by atoms with Gasteiger partial charge in [0.15, 0.2) is 0 Å². The zero-order valence-electron chi connectivity index (χ0n) is 16.6. The first-order chi connectivity index (χ1) is 13.2. The smallest absolute Gasteiger partial charge is 0.347 e. The van der Waals surface area contributed by atoms with Gasteiger partial charge in [0, 0.05) is 6.42 Å². The maximum Gasteiger partial charge on any atom is 0.347 e. The predicted molar refractivity (Wildman–Crippen MR) is 101 cm³/mol. The summed E-state index contributed by atoms with van der Waals surface area (Å²) in [7, 11) is 1.32. The Morgan fingerprint density at radius 2 is 1.89 bits per heavy atom. The van der Waals surface area contributed by atoms with Gasteiger partial charge in [-0.2, -0.15) is 5.10 Å². The van der Waals surface area contributed by atoms with Crippen LogP contribution in [0.15, 0.2) is 29.1 Å². The molecule has 1 aromatic heterocycles. The number of hydrogen-bond donors (Lipinski definition) is 0. The zero-order valence-corrected chi connectivity index (χ0v) is 16.6. The quantitative estimate of drug-likeness (QED) is 0.746. The maximum atomic E-state index is 12.8. The van der Waals surface area contributed by atoms with E-state index < -0.39 is 23.6 Å². The van der Waals surface area contributed by atoms with Gasteiger partial charge in [0.25, 0.3) is 0 Å². The van der Waals surface area contributed by atoms with Crippen LogP contribution in [0.1, 0.15) is 61.4 Å². The molecule has 0 amide bonds. The number of carbonyl (C=O) groups excluding carboxylic acids is 2. The number of aryl methyl sites for hydroxylation is 1. The average Bonchev–Trinajstić information content (AvgIpc) is 2.96. The third kappa shape index (κ3) is 4.16. The van der Waals surface area contributed by atoms with Gasteiger partial charge in [0.1, 0.15) is 17.5 Å². The van der Waals surface area contributed by atoms with Crippen LogP contribution in [0.2, 0.25) is 0 Å². The highest BCUT2D eigenvalue weighted by Crippen LogP contribution is 2.23. The van der Waals surface area contributed by atoms with Crippen LogP contribution in [-0.2, 0) is 27.2 Å². The third-order valence-corrected chi connectivity index (χ3v) is 4.52. The van der Waals surface area contributed by atoms with Gasteiger partial charge in [-0.15, -0.1) is 0 Å². The largest absolute Gasteiger partial charge is 0.467 e. The molecule has 1 unspecified atom stereocenters. The number of fused-ring (bicyclic) bond motifs is 1. The van der Waals surface area contributed by atoms with Crippen molar-refractivity contribution in [1.82, 2.24) is 14.3 Å². The van der Waals surface area contributed by atoms with Gasteiger partial charge in [-0.05, 0) is 51.3 Å². The molecule has 0 N–H and O–H groups in total. The highest BCUT2D eigenvalue weighted by Gasteiger charge is 2.31. The standard InChI is InChI=1S/C20H25N3O5/c1-20(2,3)28-17(24)14-10-8-13(9-11-14)12-22-19(26)23-15(18(25)27-4)6-5-7-16(23)21-22/h8-11,15H,5-7,12H2,1-4H3. The molecule has 0 saturated carbocycles. The van der Waals surface area contributed by atoms with Gasteiger partial charge in [-0.3, -0.25) is 4.57 Å². The molecule has 0 fully saturated rings. The molecule has 28 heavy (non-hydrogen) atoms. The lowest BCUT2D eigenvalue weighted by Gasteiger charge is -2.20. The molecule has 1 atom stereocenters. The zero-order chi connectivity index (χ0) is 20.5. The summed E-state index contributed by atoms with van der Waals surface area (Å²) >= 11 is 0. The van der Waals surface area contributed by atoms with Crippen LogP contribution in [0.25, 0.3) is 0 Å². The summed E-state index contributed by atoms with van der Waals surface area (Å²) < 4.78 is 12.9. The molecule has 0 aliphatic carbocycles. The fourth-order valence-corrected chi connectivity index (χ4v) is 3.25. The summed E-state index contributed by atoms with van der Waals surface area (Å²) in [4.78, 5) is 36.9. The van der Waals surface area contributed by atoms with E-state index in [2.05, 4.69) is 5.10 Å². The fourth-order valence-electron chi connectivity index (χ4n) is 3.25. The van der Waals surface area contributed by atoms with Crippen molar-refractivity contribution in [1.29, 1.82) is 0 Å². The number of methoxy groups -OCH3 is 1. The lowest BCUT2D eigenvalue weighted by Crippen LogP contribution is -2.35. The van der Waals surface area contributed by atoms with Crippen molar-refractivity contribution in [3.8, 4) is 0 Å². The number of aromatic nitrogens is 3. The molecule has 150 valence electrons. The molecule has 8 nitrogen and oxygen atoms in total. The van der Waals surface area contributed by atoms with E-state index >= 15 is 0 Å². The second-order valence-electron chi connectivity index (χ2n) is 7.86. The molecule has 0 radical (unpaired) electrons. The minimum atomic E-state index is -0.621. The van der Waals surface area contributed by atoms with Crippen molar-refractivity contribution in [3.05, 3.63) is 51.7 Å². The predicted octanol–water partition coefficient (Wildman–Crippen LogP) is 2.10. The Labute approximate surface area is 163 Å². The first-order valence-electron chi connectivity index (χ1n) is 9.28. The summed E-state index contributed by atoms with van der Waals surface area (Å²) in [6.07, 6.45) is 1.99. The summed E-state index contributed by atoms with van der Waals surface area (Å²) in [6, 6.07) is 6.25. The van der Waals surface area contributed by atoms with Crippen LogP contribution in [0.4, 0.5) is 0 Å². The first-order valence-corrected chi connectivity index (χ1v) is 9.28. The summed E-state index contributed by atoms with van der Waals surface area (Å²) in [5.74, 6) is -0.226. The Morgan fingerprint density at radius 1 is 1.21 bits per heavy atom. The van der Waals surface area contributed by atoms with E-state index in [1.54, 1.807) is 24.3 Å². The Balaban J connectivity index is 1.80. The summed E-state index contributed by atoms with van der Waals surface area (Å²) in [5.41, 5.74) is 0.371. The maximum absolute atomic E-state index is 12.8. The second-order valence-corrected chi connectivity index (χ2v) is 7.86. The van der Waals surface area contributed by atoms with Crippen molar-refractivity contribution in [2.45, 2.75) is 58.2 Å². The minimum Gasteiger partial charge on any atom is -0.467 e. The van der Waals surface area contributed by atoms with Gasteiger partial charge < -0.3 is 9.47 Å². The topological polar surface area (TPSA) is 92.4 Å². The Hall–Kier alpha value is -2.90. The molecule has 2 aromatic rings. The normalized spacial score (nSPS) is 16.4. The number of ether oxygens (including phenoxy) is 2. The van der Waals surface area contributed by atoms with Crippen LogP contribution in [0.3, 0.4) is 0 Å². The molecular weight excluding hydrogens is 362 g/mol. The van der Waals surface area contributed by atoms with Crippen LogP contribution >= 0.6 is 0 Å². The van der Waals surface area contributed by atoms with Gasteiger partial charge in [0.2, 0.25) is 0 Å². The molecule has 1 aromatic carbocycles. The Bertz CT molecular complexity index is 934. The Morgan fingerprint density at radius 3 is 2.50 bits per heavy atom. The lowest BCUT2D eigenvalue weighted by molar-refractivity contribution is -0.145. The van der Waals surface area contributed by atoms with Crippen LogP contribution in [-0.4, -0.2) is 39.0 Å². The number of nitrogens with zero attached hydrogens (tertiary/aromatic N) is 3. The highest BCUT2D eigenvalue weighted by molar-refractivity contribution is 5.89. The van der Waals surface area contributed by atoms with Crippen molar-refractivity contribution in [2.24, 2.45) is 0 Å². The molecule has 1 aliphatic heterocycles. The van der Waals surface area contributed by atoms with Crippen LogP contribution in [0.5, 0.6) is 0 Å². The Kier molecular flexibility index (Phi) is 5.40. The minimum absolute atomic E-state index is 0.251. The molecule has 2 heterocycles. The van der Waals surface area contributed by atoms with E-state index in [4.69, 9.17) is 9.47 Å². The molecular formula is C20H25N3O5. The van der Waals surface area contributed by atoms with Crippen molar-refractivity contribution in [2.75, 3.05) is 7.11 Å². The number of carbonyl (C=O) groups is 2. The van der Waals surface area contributed by atoms with Crippen LogP contribution < -0.4 is 5.69 Å². The summed E-state index contributed by atoms with van der Waals surface area (Å²) in [5, 5.41) is 4.39. The van der Waals surface area contributed by atoms with Crippen molar-refractivity contribution in [3.63, 3.8) is 0 Å². The monoisotopic (exact) mass is 387 g/mol. The molecule has 1 aliphatic rings. The number of hydrogen-bond acceptors (Lipinski definition) is 6. The van der Waals surface area contributed by atoms with Crippen molar-refractivity contribution >= 4 is 11.9 Å². The van der Waals surface area contributed by atoms with Gasteiger partial charge in [-0.25, -0.2) is 19.1 Å². The number of esters is 2. The molecule has 0 spiro atoms. The second kappa shape index (κ2) is 7.61. The van der Waals surface area contributed by atoms with Crippen molar-refractivity contribution < 1.29 is 19.1 Å². The van der Waals surface area contributed by atoms with E-state index in [1.165, 1.54) is 16.4 Å². The molecule has 3 rings (SSSR count). The summed E-state index contributed by atoms with van der Waals surface area (Å²) in [6.45, 7) is 5.69. The van der Waals surface area contributed by atoms with E-state index in [9.17, 15) is 14.4 Å². The van der Waals surface area contributed by atoms with E-state index in [0.717, 1.165) is 12.0 Å². The SMILES string of the molecule is COC(=O)C1CCCc2nn(Cc3ccc(C(=O)OC(C)(C)C)cc3)c(=O)n21. The van der Waals surface area contributed by atoms with E-state index in [1.807, 2.05) is 20.8 Å². The molecule has 0 saturated heterocycles. The third-order valence-electron chi connectivity index (χ3n) is 4.52. The van der Waals surface area contributed by atoms with Crippen LogP contribution in [0, 0.1) is 0 Å². The average molecular weight is 387 g/mol. The van der Waals surface area contributed by atoms with E-state index in [0.29, 0.717) is 24.2 Å². The molecule has 8 heteroatoms. The van der Waals surface area contributed by atoms with Gasteiger partial charge in [-0.1, -0.05) is 12.1 Å². The van der Waals surface area contributed by atoms with Gasteiger partial charge in [0.05, 0.1) is 19.2 Å². The fraction of sp³-hybridized carbons (Fsp3) is 0.500. The number of benzene rings is 1. The van der Waals surface area contributed by atoms with E-state index in [-0.39, 0.29) is 12.2 Å². The lowest BCUT2D eigenvalue weighted by atomic mass is 10.1. The van der Waals surface area contributed by atoms with Gasteiger partial charge >= 0.3 is 17.6 Å². The molecule has 0 bridgehead atoms. The number of rotatable bonds is 4.